The van der Waals surface area contributed by atoms with E-state index in [1.165, 1.54) is 0 Å². The molecule has 5 nitrogen and oxygen atoms in total. The Kier molecular flexibility index (Phi) is 6.04. The fourth-order valence-corrected chi connectivity index (χ4v) is 2.81. The van der Waals surface area contributed by atoms with Crippen molar-refractivity contribution in [3.05, 3.63) is 82.1 Å². The number of hydrogen-bond donors (Lipinski definition) is 2. The van der Waals surface area contributed by atoms with Crippen LogP contribution in [0.25, 0.3) is 0 Å². The molecule has 27 heavy (non-hydrogen) atoms. The van der Waals surface area contributed by atoms with Crippen LogP contribution in [0.4, 0.5) is 11.6 Å². The first kappa shape index (κ1) is 18.9. The average Bonchev–Trinajstić information content (AvgIpc) is 2.67. The molecule has 0 radical (unpaired) electrons. The molecule has 0 aliphatic heterocycles. The van der Waals surface area contributed by atoms with Crippen LogP contribution in [-0.4, -0.2) is 15.9 Å². The predicted octanol–water partition coefficient (Wildman–Crippen LogP) is 4.87. The van der Waals surface area contributed by atoms with Gasteiger partial charge in [0.25, 0.3) is 5.91 Å². The van der Waals surface area contributed by atoms with E-state index >= 15 is 0 Å². The molecule has 2 aromatic carbocycles. The molecule has 0 spiro atoms. The number of nitrogens with zero attached hydrogens (tertiary/aromatic N) is 2. The molecular formula is C21H21ClN4O. The SMILES string of the molecule is CCc1ccccc1NC(=O)c1cc(C)nc(NCc2ccc(Cl)cc2)n1. The second kappa shape index (κ2) is 8.64. The Morgan fingerprint density at radius 1 is 1.07 bits per heavy atom. The molecule has 138 valence electrons. The zero-order valence-electron chi connectivity index (χ0n) is 15.3. The number of amides is 1. The number of para-hydroxylation sites is 1. The number of aromatic nitrogens is 2. The van der Waals surface area contributed by atoms with Gasteiger partial charge in [-0.25, -0.2) is 9.97 Å². The first-order chi connectivity index (χ1) is 13.0. The van der Waals surface area contributed by atoms with Crippen molar-refractivity contribution < 1.29 is 4.79 Å². The van der Waals surface area contributed by atoms with E-state index < -0.39 is 0 Å². The van der Waals surface area contributed by atoms with Crippen LogP contribution in [0.5, 0.6) is 0 Å². The van der Waals surface area contributed by atoms with Gasteiger partial charge in [0.05, 0.1) is 0 Å². The molecule has 1 aromatic heterocycles. The molecule has 1 amide bonds. The number of hydrogen-bond acceptors (Lipinski definition) is 4. The number of carbonyl (C=O) groups excluding carboxylic acids is 1. The monoisotopic (exact) mass is 380 g/mol. The van der Waals surface area contributed by atoms with Gasteiger partial charge in [-0.15, -0.1) is 0 Å². The number of carbonyl (C=O) groups is 1. The fourth-order valence-electron chi connectivity index (χ4n) is 2.68. The molecular weight excluding hydrogens is 360 g/mol. The summed E-state index contributed by atoms with van der Waals surface area (Å²) in [5, 5.41) is 6.79. The van der Waals surface area contributed by atoms with E-state index in [1.807, 2.05) is 55.5 Å². The Hall–Kier alpha value is -2.92. The smallest absolute Gasteiger partial charge is 0.274 e. The van der Waals surface area contributed by atoms with E-state index in [2.05, 4.69) is 27.5 Å². The van der Waals surface area contributed by atoms with Gasteiger partial charge in [0.1, 0.15) is 5.69 Å². The highest BCUT2D eigenvalue weighted by Crippen LogP contribution is 2.17. The number of halogens is 1. The molecule has 0 saturated heterocycles. The topological polar surface area (TPSA) is 66.9 Å². The summed E-state index contributed by atoms with van der Waals surface area (Å²) in [5.74, 6) is 0.162. The van der Waals surface area contributed by atoms with E-state index in [4.69, 9.17) is 11.6 Å². The van der Waals surface area contributed by atoms with Gasteiger partial charge in [-0.05, 0) is 48.7 Å². The largest absolute Gasteiger partial charge is 0.350 e. The molecule has 6 heteroatoms. The maximum absolute atomic E-state index is 12.7. The zero-order chi connectivity index (χ0) is 19.2. The molecule has 2 N–H and O–H groups in total. The second-order valence-electron chi connectivity index (χ2n) is 6.16. The number of anilines is 2. The Morgan fingerprint density at radius 3 is 2.56 bits per heavy atom. The molecule has 0 aliphatic carbocycles. The minimum Gasteiger partial charge on any atom is -0.350 e. The lowest BCUT2D eigenvalue weighted by Crippen LogP contribution is -2.17. The summed E-state index contributed by atoms with van der Waals surface area (Å²) in [5.41, 5.74) is 3.98. The average molecular weight is 381 g/mol. The lowest BCUT2D eigenvalue weighted by molar-refractivity contribution is 0.102. The van der Waals surface area contributed by atoms with Gasteiger partial charge in [0.15, 0.2) is 0 Å². The van der Waals surface area contributed by atoms with Crippen LogP contribution >= 0.6 is 11.6 Å². The van der Waals surface area contributed by atoms with Gasteiger partial charge in [0.2, 0.25) is 5.95 Å². The summed E-state index contributed by atoms with van der Waals surface area (Å²) in [6.07, 6.45) is 0.840. The summed E-state index contributed by atoms with van der Waals surface area (Å²) < 4.78 is 0. The highest BCUT2D eigenvalue weighted by molar-refractivity contribution is 6.30. The van der Waals surface area contributed by atoms with E-state index in [9.17, 15) is 4.79 Å². The maximum atomic E-state index is 12.7. The van der Waals surface area contributed by atoms with Crippen molar-refractivity contribution >= 4 is 29.1 Å². The summed E-state index contributed by atoms with van der Waals surface area (Å²) >= 11 is 5.90. The molecule has 0 bridgehead atoms. The first-order valence-corrected chi connectivity index (χ1v) is 9.16. The molecule has 1 heterocycles. The highest BCUT2D eigenvalue weighted by Gasteiger charge is 2.12. The Morgan fingerprint density at radius 2 is 1.81 bits per heavy atom. The van der Waals surface area contributed by atoms with E-state index in [0.29, 0.717) is 23.2 Å². The molecule has 0 aliphatic rings. The van der Waals surface area contributed by atoms with Crippen molar-refractivity contribution in [2.45, 2.75) is 26.8 Å². The number of nitrogens with one attached hydrogen (secondary N) is 2. The van der Waals surface area contributed by atoms with Gasteiger partial charge in [-0.1, -0.05) is 48.9 Å². The number of benzene rings is 2. The van der Waals surface area contributed by atoms with Gasteiger partial charge in [-0.3, -0.25) is 4.79 Å². The van der Waals surface area contributed by atoms with Crippen LogP contribution in [-0.2, 0) is 13.0 Å². The van der Waals surface area contributed by atoms with Gasteiger partial charge < -0.3 is 10.6 Å². The van der Waals surface area contributed by atoms with Crippen molar-refractivity contribution in [3.63, 3.8) is 0 Å². The third-order valence-electron chi connectivity index (χ3n) is 4.10. The van der Waals surface area contributed by atoms with Crippen LogP contribution in [0, 0.1) is 6.92 Å². The van der Waals surface area contributed by atoms with Crippen LogP contribution in [0.3, 0.4) is 0 Å². The Balaban J connectivity index is 1.74. The molecule has 0 atom stereocenters. The normalized spacial score (nSPS) is 10.5. The van der Waals surface area contributed by atoms with Crippen molar-refractivity contribution in [3.8, 4) is 0 Å². The third kappa shape index (κ3) is 5.05. The molecule has 3 aromatic rings. The van der Waals surface area contributed by atoms with E-state index in [-0.39, 0.29) is 5.91 Å². The van der Waals surface area contributed by atoms with Crippen LogP contribution in [0.1, 0.15) is 34.2 Å². The zero-order valence-corrected chi connectivity index (χ0v) is 16.0. The summed E-state index contributed by atoms with van der Waals surface area (Å²) in [6, 6.07) is 17.0. The van der Waals surface area contributed by atoms with Crippen molar-refractivity contribution in [2.24, 2.45) is 0 Å². The van der Waals surface area contributed by atoms with Gasteiger partial charge in [0, 0.05) is 22.9 Å². The number of aryl methyl sites for hydroxylation is 2. The lowest BCUT2D eigenvalue weighted by atomic mass is 10.1. The Labute approximate surface area is 163 Å². The van der Waals surface area contributed by atoms with Crippen LogP contribution < -0.4 is 10.6 Å². The van der Waals surface area contributed by atoms with Crippen molar-refractivity contribution in [1.82, 2.24) is 9.97 Å². The van der Waals surface area contributed by atoms with Gasteiger partial charge in [-0.2, -0.15) is 0 Å². The standard InChI is InChI=1S/C21H21ClN4O/c1-3-16-6-4-5-7-18(16)25-20(27)19-12-14(2)24-21(26-19)23-13-15-8-10-17(22)11-9-15/h4-12H,3,13H2,1-2H3,(H,25,27)(H,23,24,26). The molecule has 3 rings (SSSR count). The maximum Gasteiger partial charge on any atom is 0.274 e. The van der Waals surface area contributed by atoms with Crippen molar-refractivity contribution in [2.75, 3.05) is 10.6 Å². The Bertz CT molecular complexity index is 941. The molecule has 0 unspecified atom stereocenters. The number of rotatable bonds is 6. The first-order valence-electron chi connectivity index (χ1n) is 8.78. The summed E-state index contributed by atoms with van der Waals surface area (Å²) in [6.45, 7) is 4.44. The minimum atomic E-state index is -0.254. The second-order valence-corrected chi connectivity index (χ2v) is 6.60. The fraction of sp³-hybridized carbons (Fsp3) is 0.190. The minimum absolute atomic E-state index is 0.254. The lowest BCUT2D eigenvalue weighted by Gasteiger charge is -2.11. The van der Waals surface area contributed by atoms with Crippen LogP contribution in [0.15, 0.2) is 54.6 Å². The third-order valence-corrected chi connectivity index (χ3v) is 4.35. The van der Waals surface area contributed by atoms with Crippen molar-refractivity contribution in [1.29, 1.82) is 0 Å². The van der Waals surface area contributed by atoms with Gasteiger partial charge >= 0.3 is 0 Å². The molecule has 0 fully saturated rings. The van der Waals surface area contributed by atoms with E-state index in [0.717, 1.165) is 28.9 Å². The summed E-state index contributed by atoms with van der Waals surface area (Å²) in [7, 11) is 0. The quantitative estimate of drug-likeness (QED) is 0.640. The van der Waals surface area contributed by atoms with E-state index in [1.54, 1.807) is 6.07 Å². The molecule has 0 saturated carbocycles. The predicted molar refractivity (Wildman–Crippen MR) is 109 cm³/mol. The summed E-state index contributed by atoms with van der Waals surface area (Å²) in [4.78, 5) is 21.4. The highest BCUT2D eigenvalue weighted by atomic mass is 35.5. The van der Waals surface area contributed by atoms with Crippen LogP contribution in [0.2, 0.25) is 5.02 Å².